The maximum atomic E-state index is 13.0. The molecule has 27 heavy (non-hydrogen) atoms. The Morgan fingerprint density at radius 3 is 2.07 bits per heavy atom. The molecule has 4 heteroatoms. The first-order chi connectivity index (χ1) is 12.6. The van der Waals surface area contributed by atoms with E-state index in [4.69, 9.17) is 0 Å². The van der Waals surface area contributed by atoms with Gasteiger partial charge in [-0.3, -0.25) is 4.72 Å². The lowest BCUT2D eigenvalue weighted by atomic mass is 9.92. The molecule has 0 bridgehead atoms. The molecule has 1 aliphatic carbocycles. The molecule has 1 unspecified atom stereocenters. The van der Waals surface area contributed by atoms with Gasteiger partial charge in [0.15, 0.2) is 0 Å². The molecule has 3 rings (SSSR count). The summed E-state index contributed by atoms with van der Waals surface area (Å²) in [5, 5.41) is 0. The predicted octanol–water partition coefficient (Wildman–Crippen LogP) is 5.78. The van der Waals surface area contributed by atoms with Crippen LogP contribution in [-0.4, -0.2) is 8.42 Å². The van der Waals surface area contributed by atoms with Crippen LogP contribution >= 0.6 is 0 Å². The van der Waals surface area contributed by atoms with Crippen molar-refractivity contribution in [2.75, 3.05) is 4.72 Å². The number of benzene rings is 2. The molecule has 0 heterocycles. The summed E-state index contributed by atoms with van der Waals surface area (Å²) in [6, 6.07) is 11.0. The molecule has 0 saturated carbocycles. The predicted molar refractivity (Wildman–Crippen MR) is 113 cm³/mol. The smallest absolute Gasteiger partial charge is 0.261 e. The molecule has 1 atom stereocenters. The molecular formula is C23H27NO2S. The van der Waals surface area contributed by atoms with Crippen LogP contribution in [0.2, 0.25) is 0 Å². The lowest BCUT2D eigenvalue weighted by Gasteiger charge is -2.19. The van der Waals surface area contributed by atoms with Crippen molar-refractivity contribution in [2.45, 2.75) is 46.4 Å². The highest BCUT2D eigenvalue weighted by Crippen LogP contribution is 2.42. The van der Waals surface area contributed by atoms with Crippen LogP contribution in [0, 0.1) is 26.7 Å². The summed E-state index contributed by atoms with van der Waals surface area (Å²) in [6.45, 7) is 12.3. The minimum atomic E-state index is -3.66. The van der Waals surface area contributed by atoms with Crippen LogP contribution in [0.15, 0.2) is 58.5 Å². The van der Waals surface area contributed by atoms with Crippen molar-refractivity contribution in [1.82, 2.24) is 0 Å². The minimum Gasteiger partial charge on any atom is -0.279 e. The molecule has 0 fully saturated rings. The summed E-state index contributed by atoms with van der Waals surface area (Å²) in [6.07, 6.45) is 2.24. The van der Waals surface area contributed by atoms with Crippen LogP contribution in [0.1, 0.15) is 43.0 Å². The van der Waals surface area contributed by atoms with Gasteiger partial charge in [-0.25, -0.2) is 8.42 Å². The average molecular weight is 382 g/mol. The van der Waals surface area contributed by atoms with Gasteiger partial charge in [0.2, 0.25) is 0 Å². The Morgan fingerprint density at radius 2 is 1.52 bits per heavy atom. The normalized spacial score (nSPS) is 17.3. The van der Waals surface area contributed by atoms with Gasteiger partial charge in [-0.15, -0.1) is 0 Å². The van der Waals surface area contributed by atoms with Crippen LogP contribution < -0.4 is 4.72 Å². The van der Waals surface area contributed by atoms with Gasteiger partial charge in [-0.2, -0.15) is 0 Å². The maximum absolute atomic E-state index is 13.0. The van der Waals surface area contributed by atoms with Gasteiger partial charge in [-0.05, 0) is 75.4 Å². The molecule has 0 saturated heterocycles. The van der Waals surface area contributed by atoms with Gasteiger partial charge in [-0.1, -0.05) is 47.9 Å². The largest absolute Gasteiger partial charge is 0.279 e. The standard InChI is InChI=1S/C23H27NO2S/c1-14-7-9-20(10-8-14)27(25,26)24-23-18(5)11-15(2)12-21(23)22-17(4)13-16(3)19(22)6/h7-13,16,24H,1-6H3. The number of anilines is 1. The highest BCUT2D eigenvalue weighted by Gasteiger charge is 2.24. The number of hydrogen-bond acceptors (Lipinski definition) is 2. The Labute approximate surface area is 162 Å². The molecule has 1 N–H and O–H groups in total. The first-order valence-electron chi connectivity index (χ1n) is 9.21. The topological polar surface area (TPSA) is 46.2 Å². The second-order valence-corrected chi connectivity index (χ2v) is 9.30. The molecule has 3 nitrogen and oxygen atoms in total. The Hall–Kier alpha value is -2.33. The molecule has 2 aromatic carbocycles. The molecule has 0 amide bonds. The first kappa shape index (κ1) is 19.4. The molecule has 0 aromatic heterocycles. The van der Waals surface area contributed by atoms with Gasteiger partial charge in [0.1, 0.15) is 0 Å². The number of aryl methyl sites for hydroxylation is 3. The quantitative estimate of drug-likeness (QED) is 0.729. The second kappa shape index (κ2) is 7.01. The summed E-state index contributed by atoms with van der Waals surface area (Å²) in [4.78, 5) is 0.275. The Bertz CT molecular complexity index is 1060. The third-order valence-electron chi connectivity index (χ3n) is 5.29. The SMILES string of the molecule is CC1=CC(C)C(C)=C1c1cc(C)cc(C)c1NS(=O)(=O)c1ccc(C)cc1. The van der Waals surface area contributed by atoms with Crippen LogP contribution in [0.3, 0.4) is 0 Å². The lowest BCUT2D eigenvalue weighted by molar-refractivity contribution is 0.601. The molecule has 0 aliphatic heterocycles. The molecule has 0 radical (unpaired) electrons. The van der Waals surface area contributed by atoms with E-state index in [9.17, 15) is 8.42 Å². The number of allylic oxidation sites excluding steroid dienone is 4. The van der Waals surface area contributed by atoms with Crippen molar-refractivity contribution in [1.29, 1.82) is 0 Å². The number of nitrogens with one attached hydrogen (secondary N) is 1. The maximum Gasteiger partial charge on any atom is 0.261 e. The van der Waals surface area contributed by atoms with Gasteiger partial charge in [0, 0.05) is 5.56 Å². The summed E-state index contributed by atoms with van der Waals surface area (Å²) in [5.74, 6) is 0.363. The fourth-order valence-corrected chi connectivity index (χ4v) is 4.91. The van der Waals surface area contributed by atoms with Crippen LogP contribution in [-0.2, 0) is 10.0 Å². The number of hydrogen-bond donors (Lipinski definition) is 1. The van der Waals surface area contributed by atoms with Gasteiger partial charge >= 0.3 is 0 Å². The zero-order valence-corrected chi connectivity index (χ0v) is 17.7. The van der Waals surface area contributed by atoms with E-state index in [1.165, 1.54) is 11.1 Å². The number of rotatable bonds is 4. The Balaban J connectivity index is 2.14. The van der Waals surface area contributed by atoms with Crippen LogP contribution in [0.5, 0.6) is 0 Å². The van der Waals surface area contributed by atoms with Crippen molar-refractivity contribution < 1.29 is 8.42 Å². The summed E-state index contributed by atoms with van der Waals surface area (Å²) >= 11 is 0. The molecular weight excluding hydrogens is 354 g/mol. The number of sulfonamides is 1. The van der Waals surface area contributed by atoms with Crippen molar-refractivity contribution >= 4 is 21.3 Å². The molecule has 142 valence electrons. The van der Waals surface area contributed by atoms with Crippen molar-refractivity contribution in [3.05, 3.63) is 75.9 Å². The van der Waals surface area contributed by atoms with Crippen molar-refractivity contribution in [3.8, 4) is 0 Å². The summed E-state index contributed by atoms with van der Waals surface area (Å²) < 4.78 is 28.9. The third-order valence-corrected chi connectivity index (χ3v) is 6.65. The molecule has 0 spiro atoms. The van der Waals surface area contributed by atoms with Gasteiger partial charge in [0.25, 0.3) is 10.0 Å². The monoisotopic (exact) mass is 381 g/mol. The lowest BCUT2D eigenvalue weighted by Crippen LogP contribution is -2.15. The van der Waals surface area contributed by atoms with E-state index in [2.05, 4.69) is 37.6 Å². The van der Waals surface area contributed by atoms with E-state index in [0.717, 1.165) is 27.8 Å². The van der Waals surface area contributed by atoms with Crippen LogP contribution in [0.4, 0.5) is 5.69 Å². The fraction of sp³-hybridized carbons (Fsp3) is 0.304. The molecule has 1 aliphatic rings. The van der Waals surface area contributed by atoms with E-state index in [-0.39, 0.29) is 4.90 Å². The zero-order valence-electron chi connectivity index (χ0n) is 16.8. The van der Waals surface area contributed by atoms with E-state index in [1.807, 2.05) is 39.0 Å². The first-order valence-corrected chi connectivity index (χ1v) is 10.7. The second-order valence-electron chi connectivity index (χ2n) is 7.62. The molecule has 2 aromatic rings. The summed E-state index contributed by atoms with van der Waals surface area (Å²) in [7, 11) is -3.66. The van der Waals surface area contributed by atoms with E-state index in [0.29, 0.717) is 11.6 Å². The van der Waals surface area contributed by atoms with Crippen molar-refractivity contribution in [2.24, 2.45) is 5.92 Å². The third kappa shape index (κ3) is 3.72. The summed E-state index contributed by atoms with van der Waals surface area (Å²) in [5.41, 5.74) is 8.31. The van der Waals surface area contributed by atoms with Crippen molar-refractivity contribution in [3.63, 3.8) is 0 Å². The highest BCUT2D eigenvalue weighted by molar-refractivity contribution is 7.92. The zero-order chi connectivity index (χ0) is 19.9. The minimum absolute atomic E-state index is 0.275. The van der Waals surface area contributed by atoms with E-state index < -0.39 is 10.0 Å². The Kier molecular flexibility index (Phi) is 5.04. The van der Waals surface area contributed by atoms with Crippen LogP contribution in [0.25, 0.3) is 5.57 Å². The average Bonchev–Trinajstić information content (AvgIpc) is 2.83. The van der Waals surface area contributed by atoms with E-state index in [1.54, 1.807) is 12.1 Å². The van der Waals surface area contributed by atoms with Gasteiger partial charge in [0.05, 0.1) is 10.6 Å². The van der Waals surface area contributed by atoms with Gasteiger partial charge < -0.3 is 0 Å². The fourth-order valence-electron chi connectivity index (χ4n) is 3.76. The van der Waals surface area contributed by atoms with E-state index >= 15 is 0 Å². The Morgan fingerprint density at radius 1 is 0.889 bits per heavy atom. The highest BCUT2D eigenvalue weighted by atomic mass is 32.2.